The third kappa shape index (κ3) is 2.14. The van der Waals surface area contributed by atoms with Crippen LogP contribution in [0.1, 0.15) is 0 Å². The van der Waals surface area contributed by atoms with Crippen molar-refractivity contribution in [3.8, 4) is 0 Å². The smallest absolute Gasteiger partial charge is 0.200 e. The van der Waals surface area contributed by atoms with Gasteiger partial charge in [-0.05, 0) is 24.3 Å². The molecule has 2 aromatic carbocycles. The van der Waals surface area contributed by atoms with Crippen molar-refractivity contribution in [2.24, 2.45) is 0 Å². The Hall–Kier alpha value is -1.51. The van der Waals surface area contributed by atoms with E-state index in [0.717, 1.165) is 0 Å². The van der Waals surface area contributed by atoms with Crippen LogP contribution in [0.15, 0.2) is 57.7 Å². The molecule has 0 atom stereocenters. The third-order valence-corrected chi connectivity index (χ3v) is 2.48. The van der Waals surface area contributed by atoms with Crippen molar-refractivity contribution < 1.29 is 4.42 Å². The normalized spacial score (nSPS) is 9.65. The van der Waals surface area contributed by atoms with Crippen LogP contribution < -0.4 is 5.43 Å². The molecule has 0 aliphatic rings. The summed E-state index contributed by atoms with van der Waals surface area (Å²) in [5.74, 6) is 0. The number of rotatable bonds is 0. The van der Waals surface area contributed by atoms with Crippen molar-refractivity contribution in [2.75, 3.05) is 0 Å². The van der Waals surface area contributed by atoms with Gasteiger partial charge in [0.1, 0.15) is 11.2 Å². The zero-order valence-electron chi connectivity index (χ0n) is 8.75. The average molecular weight is 269 g/mol. The topological polar surface area (TPSA) is 30.2 Å². The Bertz CT molecular complexity index is 647. The van der Waals surface area contributed by atoms with Gasteiger partial charge in [-0.15, -0.1) is 24.8 Å². The minimum absolute atomic E-state index is 0. The Morgan fingerprint density at radius 2 is 1.12 bits per heavy atom. The summed E-state index contributed by atoms with van der Waals surface area (Å²) < 4.78 is 5.63. The van der Waals surface area contributed by atoms with E-state index in [4.69, 9.17) is 4.42 Å². The van der Waals surface area contributed by atoms with E-state index < -0.39 is 0 Å². The van der Waals surface area contributed by atoms with Crippen LogP contribution in [-0.2, 0) is 0 Å². The van der Waals surface area contributed by atoms with E-state index in [1.807, 2.05) is 36.4 Å². The van der Waals surface area contributed by atoms with E-state index in [0.29, 0.717) is 21.9 Å². The Kier molecular flexibility index (Phi) is 4.16. The van der Waals surface area contributed by atoms with Crippen molar-refractivity contribution in [1.29, 1.82) is 0 Å². The molecule has 0 spiro atoms. The molecule has 0 bridgehead atoms. The summed E-state index contributed by atoms with van der Waals surface area (Å²) in [7, 11) is 0. The summed E-state index contributed by atoms with van der Waals surface area (Å²) in [6.45, 7) is 0. The molecule has 3 rings (SSSR count). The lowest BCUT2D eigenvalue weighted by atomic mass is 10.1. The fourth-order valence-corrected chi connectivity index (χ4v) is 1.75. The average Bonchev–Trinajstić information content (AvgIpc) is 2.30. The van der Waals surface area contributed by atoms with Crippen molar-refractivity contribution in [3.63, 3.8) is 0 Å². The molecule has 0 amide bonds. The van der Waals surface area contributed by atoms with E-state index in [-0.39, 0.29) is 30.2 Å². The van der Waals surface area contributed by atoms with Gasteiger partial charge in [0.25, 0.3) is 0 Å². The molecule has 0 fully saturated rings. The highest BCUT2D eigenvalue weighted by Crippen LogP contribution is 2.17. The Morgan fingerprint density at radius 3 is 1.59 bits per heavy atom. The summed E-state index contributed by atoms with van der Waals surface area (Å²) >= 11 is 0. The van der Waals surface area contributed by atoms with Crippen LogP contribution >= 0.6 is 24.8 Å². The summed E-state index contributed by atoms with van der Waals surface area (Å²) in [4.78, 5) is 12.0. The van der Waals surface area contributed by atoms with Gasteiger partial charge in [0.2, 0.25) is 5.43 Å². The summed E-state index contributed by atoms with van der Waals surface area (Å²) in [5, 5.41) is 1.27. The molecule has 0 aliphatic carbocycles. The maximum absolute atomic E-state index is 12.0. The zero-order valence-corrected chi connectivity index (χ0v) is 10.4. The van der Waals surface area contributed by atoms with Gasteiger partial charge in [0.05, 0.1) is 10.8 Å². The lowest BCUT2D eigenvalue weighted by molar-refractivity contribution is 0.660. The highest BCUT2D eigenvalue weighted by atomic mass is 35.5. The van der Waals surface area contributed by atoms with Gasteiger partial charge in [-0.3, -0.25) is 4.79 Å². The second-order valence-electron chi connectivity index (χ2n) is 3.42. The third-order valence-electron chi connectivity index (χ3n) is 2.48. The van der Waals surface area contributed by atoms with Crippen LogP contribution in [0.4, 0.5) is 0 Å². The Labute approximate surface area is 110 Å². The lowest BCUT2D eigenvalue weighted by Gasteiger charge is -1.99. The second-order valence-corrected chi connectivity index (χ2v) is 3.42. The van der Waals surface area contributed by atoms with E-state index in [1.165, 1.54) is 0 Å². The first-order chi connectivity index (χ1) is 7.36. The first kappa shape index (κ1) is 13.6. The number of hydrogen-bond donors (Lipinski definition) is 0. The molecule has 88 valence electrons. The second kappa shape index (κ2) is 5.21. The molecule has 0 unspecified atom stereocenters. The summed E-state index contributed by atoms with van der Waals surface area (Å²) in [6.07, 6.45) is 0. The van der Waals surface area contributed by atoms with Gasteiger partial charge < -0.3 is 4.42 Å². The molecule has 4 heteroatoms. The number of hydrogen-bond acceptors (Lipinski definition) is 2. The van der Waals surface area contributed by atoms with Crippen molar-refractivity contribution in [3.05, 3.63) is 58.8 Å². The minimum atomic E-state index is 0. The SMILES string of the molecule is Cl.Cl.O=c1c2ccccc2oc2ccccc12. The van der Waals surface area contributed by atoms with Gasteiger partial charge >= 0.3 is 0 Å². The van der Waals surface area contributed by atoms with Gasteiger partial charge in [-0.25, -0.2) is 0 Å². The first-order valence-corrected chi connectivity index (χ1v) is 4.77. The zero-order chi connectivity index (χ0) is 10.3. The van der Waals surface area contributed by atoms with Crippen LogP contribution in [0.2, 0.25) is 0 Å². The summed E-state index contributed by atoms with van der Waals surface area (Å²) in [6, 6.07) is 14.6. The molecule has 0 aliphatic heterocycles. The molecular weight excluding hydrogens is 259 g/mol. The van der Waals surface area contributed by atoms with Crippen LogP contribution in [0.5, 0.6) is 0 Å². The van der Waals surface area contributed by atoms with E-state index in [1.54, 1.807) is 12.1 Å². The van der Waals surface area contributed by atoms with Gasteiger partial charge in [-0.2, -0.15) is 0 Å². The predicted molar refractivity (Wildman–Crippen MR) is 74.5 cm³/mol. The summed E-state index contributed by atoms with van der Waals surface area (Å²) in [5.41, 5.74) is 1.31. The van der Waals surface area contributed by atoms with E-state index in [2.05, 4.69) is 0 Å². The molecule has 17 heavy (non-hydrogen) atoms. The van der Waals surface area contributed by atoms with E-state index >= 15 is 0 Å². The first-order valence-electron chi connectivity index (χ1n) is 4.77. The molecule has 0 radical (unpaired) electrons. The monoisotopic (exact) mass is 268 g/mol. The fraction of sp³-hybridized carbons (Fsp3) is 0. The van der Waals surface area contributed by atoms with Gasteiger partial charge in [0, 0.05) is 0 Å². The number of fused-ring (bicyclic) bond motifs is 2. The Morgan fingerprint density at radius 1 is 0.706 bits per heavy atom. The van der Waals surface area contributed by atoms with Gasteiger partial charge in [0.15, 0.2) is 0 Å². The molecule has 0 saturated heterocycles. The number of benzene rings is 2. The van der Waals surface area contributed by atoms with Crippen molar-refractivity contribution >= 4 is 46.8 Å². The lowest BCUT2D eigenvalue weighted by Crippen LogP contribution is -2.01. The molecule has 0 N–H and O–H groups in total. The largest absolute Gasteiger partial charge is 0.456 e. The van der Waals surface area contributed by atoms with Crippen LogP contribution in [0, 0.1) is 0 Å². The number of para-hydroxylation sites is 2. The maximum atomic E-state index is 12.0. The molecule has 0 saturated carbocycles. The highest BCUT2D eigenvalue weighted by Gasteiger charge is 2.04. The fourth-order valence-electron chi connectivity index (χ4n) is 1.75. The minimum Gasteiger partial charge on any atom is -0.456 e. The molecule has 1 aromatic heterocycles. The van der Waals surface area contributed by atoms with Crippen LogP contribution in [0.3, 0.4) is 0 Å². The maximum Gasteiger partial charge on any atom is 0.200 e. The van der Waals surface area contributed by atoms with Crippen LogP contribution in [-0.4, -0.2) is 0 Å². The van der Waals surface area contributed by atoms with Gasteiger partial charge in [-0.1, -0.05) is 24.3 Å². The van der Waals surface area contributed by atoms with Crippen molar-refractivity contribution in [2.45, 2.75) is 0 Å². The van der Waals surface area contributed by atoms with Crippen LogP contribution in [0.25, 0.3) is 21.9 Å². The Balaban J connectivity index is 0.000000722. The molecule has 1 heterocycles. The number of halogens is 2. The molecular formula is C13H10Cl2O2. The molecule has 2 nitrogen and oxygen atoms in total. The highest BCUT2D eigenvalue weighted by molar-refractivity contribution is 5.89. The van der Waals surface area contributed by atoms with Crippen molar-refractivity contribution in [1.82, 2.24) is 0 Å². The standard InChI is InChI=1S/C13H8O2.2ClH/c14-13-9-5-1-3-7-11(9)15-12-8-4-2-6-10(12)13;;/h1-8H;2*1H. The molecule has 3 aromatic rings. The van der Waals surface area contributed by atoms with E-state index in [9.17, 15) is 4.79 Å². The predicted octanol–water partition coefficient (Wildman–Crippen LogP) is 3.79. The quantitative estimate of drug-likeness (QED) is 0.581.